The minimum atomic E-state index is -0.575. The van der Waals surface area contributed by atoms with E-state index in [1.165, 1.54) is 6.07 Å². The summed E-state index contributed by atoms with van der Waals surface area (Å²) in [6.07, 6.45) is 5.71. The van der Waals surface area contributed by atoms with Crippen LogP contribution in [0.15, 0.2) is 21.4 Å². The van der Waals surface area contributed by atoms with E-state index < -0.39 is 11.2 Å². The molecule has 0 saturated heterocycles. The third-order valence-corrected chi connectivity index (χ3v) is 5.08. The van der Waals surface area contributed by atoms with Crippen LogP contribution in [0.2, 0.25) is 0 Å². The van der Waals surface area contributed by atoms with Crippen molar-refractivity contribution in [2.24, 2.45) is 5.92 Å². The first-order valence-corrected chi connectivity index (χ1v) is 9.48. The predicted octanol–water partition coefficient (Wildman–Crippen LogP) is 4.86. The molecule has 0 spiro atoms. The second-order valence-electron chi connectivity index (χ2n) is 7.72. The molecule has 5 nitrogen and oxygen atoms in total. The van der Waals surface area contributed by atoms with Crippen molar-refractivity contribution in [3.05, 3.63) is 39.3 Å². The van der Waals surface area contributed by atoms with Crippen LogP contribution in [0.25, 0.3) is 17.0 Å². The first kappa shape index (κ1) is 19.2. The standard InChI is InChI=1S/C22H26O5/c1-6-8-13-11-15(23)26-21-16(13)20-14(9-10-22(4,5)27-20)19(25)17(21)18(24)12(3)7-2/h9-12,25H,6-8H2,1-5H3/t12-/m1/s1. The molecule has 5 heteroatoms. The summed E-state index contributed by atoms with van der Waals surface area (Å²) in [5.74, 6) is -0.269. The molecule has 2 heterocycles. The van der Waals surface area contributed by atoms with E-state index >= 15 is 0 Å². The van der Waals surface area contributed by atoms with Crippen molar-refractivity contribution < 1.29 is 19.1 Å². The minimum Gasteiger partial charge on any atom is -0.506 e. The van der Waals surface area contributed by atoms with Gasteiger partial charge in [0.25, 0.3) is 0 Å². The van der Waals surface area contributed by atoms with Gasteiger partial charge in [0.15, 0.2) is 11.4 Å². The van der Waals surface area contributed by atoms with Crippen molar-refractivity contribution in [2.75, 3.05) is 0 Å². The Kier molecular flexibility index (Phi) is 4.89. The number of rotatable bonds is 5. The molecule has 1 aliphatic rings. The van der Waals surface area contributed by atoms with E-state index in [4.69, 9.17) is 9.15 Å². The number of Topliss-reactive ketones (excluding diaryl/α,β-unsaturated/α-hetero) is 1. The monoisotopic (exact) mass is 370 g/mol. The molecule has 0 unspecified atom stereocenters. The fraction of sp³-hybridized carbons (Fsp3) is 0.455. The summed E-state index contributed by atoms with van der Waals surface area (Å²) in [6.45, 7) is 9.54. The van der Waals surface area contributed by atoms with Crippen LogP contribution in [0.1, 0.15) is 68.9 Å². The number of hydrogen-bond acceptors (Lipinski definition) is 5. The molecular weight excluding hydrogens is 344 g/mol. The molecule has 1 atom stereocenters. The number of ketones is 1. The molecule has 0 fully saturated rings. The van der Waals surface area contributed by atoms with Gasteiger partial charge in [-0.25, -0.2) is 4.79 Å². The fourth-order valence-corrected chi connectivity index (χ4v) is 3.42. The third kappa shape index (κ3) is 3.27. The number of ether oxygens (including phenoxy) is 1. The van der Waals surface area contributed by atoms with Gasteiger partial charge >= 0.3 is 5.63 Å². The van der Waals surface area contributed by atoms with E-state index in [9.17, 15) is 14.7 Å². The predicted molar refractivity (Wildman–Crippen MR) is 106 cm³/mol. The number of carbonyl (C=O) groups excluding carboxylic acids is 1. The summed E-state index contributed by atoms with van der Waals surface area (Å²) in [5.41, 5.74) is 0.312. The summed E-state index contributed by atoms with van der Waals surface area (Å²) < 4.78 is 11.6. The lowest BCUT2D eigenvalue weighted by Gasteiger charge is -2.30. The minimum absolute atomic E-state index is 0.0705. The topological polar surface area (TPSA) is 76.7 Å². The zero-order valence-electron chi connectivity index (χ0n) is 16.5. The van der Waals surface area contributed by atoms with Gasteiger partial charge in [-0.2, -0.15) is 0 Å². The lowest BCUT2D eigenvalue weighted by atomic mass is 9.89. The molecule has 1 aromatic carbocycles. The van der Waals surface area contributed by atoms with Gasteiger partial charge in [0.2, 0.25) is 0 Å². The molecular formula is C22H26O5. The highest BCUT2D eigenvalue weighted by molar-refractivity contribution is 6.13. The van der Waals surface area contributed by atoms with Gasteiger partial charge in [-0.1, -0.05) is 27.2 Å². The van der Waals surface area contributed by atoms with Crippen LogP contribution in [-0.2, 0) is 6.42 Å². The Morgan fingerprint density at radius 2 is 2.00 bits per heavy atom. The number of aromatic hydroxyl groups is 1. The number of fused-ring (bicyclic) bond motifs is 3. The zero-order valence-corrected chi connectivity index (χ0v) is 16.5. The van der Waals surface area contributed by atoms with Gasteiger partial charge in [0.05, 0.1) is 10.9 Å². The van der Waals surface area contributed by atoms with Crippen molar-refractivity contribution in [1.29, 1.82) is 0 Å². The van der Waals surface area contributed by atoms with Crippen molar-refractivity contribution in [3.63, 3.8) is 0 Å². The second kappa shape index (κ2) is 6.87. The van der Waals surface area contributed by atoms with E-state index in [1.54, 1.807) is 13.0 Å². The van der Waals surface area contributed by atoms with E-state index in [-0.39, 0.29) is 28.6 Å². The molecule has 1 aromatic heterocycles. The van der Waals surface area contributed by atoms with Crippen LogP contribution in [0, 0.1) is 5.92 Å². The molecule has 3 rings (SSSR count). The number of phenolic OH excluding ortho intramolecular Hbond substituents is 1. The maximum absolute atomic E-state index is 13.0. The Balaban J connectivity index is 2.49. The van der Waals surface area contributed by atoms with Crippen molar-refractivity contribution >= 4 is 22.8 Å². The number of hydrogen-bond donors (Lipinski definition) is 1. The third-order valence-electron chi connectivity index (χ3n) is 5.08. The normalized spacial score (nSPS) is 16.0. The van der Waals surface area contributed by atoms with Crippen molar-refractivity contribution in [2.45, 2.75) is 59.5 Å². The molecule has 0 radical (unpaired) electrons. The largest absolute Gasteiger partial charge is 0.506 e. The molecule has 2 aromatic rings. The number of carbonyl (C=O) groups is 1. The lowest BCUT2D eigenvalue weighted by molar-refractivity contribution is 0.0925. The van der Waals surface area contributed by atoms with Crippen molar-refractivity contribution in [3.8, 4) is 11.5 Å². The Morgan fingerprint density at radius 3 is 2.63 bits per heavy atom. The van der Waals surface area contributed by atoms with E-state index in [2.05, 4.69) is 0 Å². The summed E-state index contributed by atoms with van der Waals surface area (Å²) in [6, 6.07) is 1.45. The van der Waals surface area contributed by atoms with Gasteiger partial charge in [-0.15, -0.1) is 0 Å². The first-order valence-electron chi connectivity index (χ1n) is 9.48. The van der Waals surface area contributed by atoms with Crippen LogP contribution in [0.3, 0.4) is 0 Å². The maximum atomic E-state index is 13.0. The van der Waals surface area contributed by atoms with Crippen LogP contribution in [0.4, 0.5) is 0 Å². The van der Waals surface area contributed by atoms with Gasteiger partial charge in [-0.3, -0.25) is 4.79 Å². The average Bonchev–Trinajstić information content (AvgIpc) is 2.59. The van der Waals surface area contributed by atoms with Crippen LogP contribution in [-0.4, -0.2) is 16.5 Å². The highest BCUT2D eigenvalue weighted by atomic mass is 16.5. The molecule has 0 aliphatic carbocycles. The fourth-order valence-electron chi connectivity index (χ4n) is 3.42. The van der Waals surface area contributed by atoms with Crippen molar-refractivity contribution in [1.82, 2.24) is 0 Å². The first-order chi connectivity index (χ1) is 12.7. The van der Waals surface area contributed by atoms with E-state index in [0.29, 0.717) is 29.5 Å². The molecule has 1 aliphatic heterocycles. The molecule has 0 saturated carbocycles. The molecule has 0 bridgehead atoms. The molecule has 144 valence electrons. The smallest absolute Gasteiger partial charge is 0.336 e. The lowest BCUT2D eigenvalue weighted by Crippen LogP contribution is -2.28. The van der Waals surface area contributed by atoms with E-state index in [1.807, 2.05) is 33.8 Å². The Morgan fingerprint density at radius 1 is 1.30 bits per heavy atom. The van der Waals surface area contributed by atoms with Gasteiger partial charge in [0.1, 0.15) is 22.7 Å². The average molecular weight is 370 g/mol. The number of aryl methyl sites for hydroxylation is 1. The Labute approximate surface area is 158 Å². The SMILES string of the molecule is CCCc1cc(=O)oc2c(C(=O)[C@H](C)CC)c(O)c3c(c12)OC(C)(C)C=C3. The van der Waals surface area contributed by atoms with Crippen LogP contribution in [0.5, 0.6) is 11.5 Å². The van der Waals surface area contributed by atoms with Gasteiger partial charge in [0, 0.05) is 12.0 Å². The van der Waals surface area contributed by atoms with E-state index in [0.717, 1.165) is 12.0 Å². The molecule has 27 heavy (non-hydrogen) atoms. The molecule has 1 N–H and O–H groups in total. The number of phenols is 1. The quantitative estimate of drug-likeness (QED) is 0.600. The maximum Gasteiger partial charge on any atom is 0.336 e. The summed E-state index contributed by atoms with van der Waals surface area (Å²) >= 11 is 0. The molecule has 0 amide bonds. The highest BCUT2D eigenvalue weighted by Gasteiger charge is 2.33. The summed E-state index contributed by atoms with van der Waals surface area (Å²) in [7, 11) is 0. The van der Waals surface area contributed by atoms with Gasteiger partial charge in [-0.05, 0) is 44.4 Å². The number of benzene rings is 1. The highest BCUT2D eigenvalue weighted by Crippen LogP contribution is 2.46. The second-order valence-corrected chi connectivity index (χ2v) is 7.72. The van der Waals surface area contributed by atoms with Crippen LogP contribution < -0.4 is 10.4 Å². The summed E-state index contributed by atoms with van der Waals surface area (Å²) in [5, 5.41) is 11.5. The van der Waals surface area contributed by atoms with Gasteiger partial charge < -0.3 is 14.3 Å². The Bertz CT molecular complexity index is 994. The zero-order chi connectivity index (χ0) is 19.9. The van der Waals surface area contributed by atoms with Crippen LogP contribution >= 0.6 is 0 Å². The Hall–Kier alpha value is -2.56. The summed E-state index contributed by atoms with van der Waals surface area (Å²) in [4.78, 5) is 25.2.